The average molecular weight is 323 g/mol. The van der Waals surface area contributed by atoms with Gasteiger partial charge in [-0.05, 0) is 69.6 Å². The Bertz CT molecular complexity index is 323. The largest absolute Gasteiger partial charge is 0.378 e. The molecular formula is C21H38O2. The van der Waals surface area contributed by atoms with E-state index < -0.39 is 0 Å². The Kier molecular flexibility index (Phi) is 8.64. The Labute approximate surface area is 143 Å². The van der Waals surface area contributed by atoms with Crippen molar-refractivity contribution in [3.05, 3.63) is 0 Å². The Morgan fingerprint density at radius 1 is 0.870 bits per heavy atom. The molecule has 0 unspecified atom stereocenters. The van der Waals surface area contributed by atoms with Gasteiger partial charge in [-0.15, -0.1) is 0 Å². The van der Waals surface area contributed by atoms with Gasteiger partial charge < -0.3 is 4.74 Å². The third-order valence-electron chi connectivity index (χ3n) is 6.14. The van der Waals surface area contributed by atoms with E-state index in [0.717, 1.165) is 44.6 Å². The molecule has 2 aliphatic carbocycles. The van der Waals surface area contributed by atoms with Gasteiger partial charge in [-0.1, -0.05) is 33.1 Å². The number of hydrogen-bond acceptors (Lipinski definition) is 2. The predicted molar refractivity (Wildman–Crippen MR) is 96.6 cm³/mol. The van der Waals surface area contributed by atoms with E-state index in [9.17, 15) is 4.79 Å². The number of ether oxygens (including phenoxy) is 1. The molecule has 0 aliphatic heterocycles. The second-order valence-electron chi connectivity index (χ2n) is 8.05. The first-order valence-corrected chi connectivity index (χ1v) is 10.4. The van der Waals surface area contributed by atoms with Crippen LogP contribution in [0, 0.1) is 17.8 Å². The minimum atomic E-state index is 0.363. The first-order chi connectivity index (χ1) is 11.2. The van der Waals surface area contributed by atoms with Crippen LogP contribution >= 0.6 is 0 Å². The Morgan fingerprint density at radius 3 is 2.13 bits per heavy atom. The summed E-state index contributed by atoms with van der Waals surface area (Å²) in [7, 11) is 0. The van der Waals surface area contributed by atoms with Gasteiger partial charge in [0.25, 0.3) is 0 Å². The van der Waals surface area contributed by atoms with E-state index in [1.165, 1.54) is 51.4 Å². The molecule has 2 fully saturated rings. The average Bonchev–Trinajstić information content (AvgIpc) is 2.60. The summed E-state index contributed by atoms with van der Waals surface area (Å²) in [4.78, 5) is 12.1. The van der Waals surface area contributed by atoms with Crippen LogP contribution in [-0.2, 0) is 9.53 Å². The Balaban J connectivity index is 1.57. The molecule has 2 nitrogen and oxygen atoms in total. The van der Waals surface area contributed by atoms with Gasteiger partial charge in [0.2, 0.25) is 0 Å². The monoisotopic (exact) mass is 322 g/mol. The number of Topliss-reactive ketones (excluding diaryl/α,β-unsaturated/α-hetero) is 1. The summed E-state index contributed by atoms with van der Waals surface area (Å²) in [5, 5.41) is 0. The first-order valence-electron chi connectivity index (χ1n) is 10.4. The maximum absolute atomic E-state index is 12.1. The van der Waals surface area contributed by atoms with Crippen LogP contribution in [0.15, 0.2) is 0 Å². The third kappa shape index (κ3) is 6.57. The number of hydrogen-bond donors (Lipinski definition) is 0. The molecule has 2 heteroatoms. The van der Waals surface area contributed by atoms with Crippen molar-refractivity contribution in [2.45, 2.75) is 103 Å². The van der Waals surface area contributed by atoms with Gasteiger partial charge >= 0.3 is 0 Å². The first kappa shape index (κ1) is 19.0. The summed E-state index contributed by atoms with van der Waals surface area (Å²) in [6.07, 6.45) is 16.2. The molecule has 0 saturated heterocycles. The van der Waals surface area contributed by atoms with E-state index in [1.807, 2.05) is 0 Å². The lowest BCUT2D eigenvalue weighted by molar-refractivity contribution is -0.124. The predicted octanol–water partition coefficient (Wildman–Crippen LogP) is 5.93. The fraction of sp³-hybridized carbons (Fsp3) is 0.952. The van der Waals surface area contributed by atoms with Gasteiger partial charge in [0.05, 0.1) is 6.10 Å². The van der Waals surface area contributed by atoms with Crippen LogP contribution in [0.1, 0.15) is 97.3 Å². The lowest BCUT2D eigenvalue weighted by Crippen LogP contribution is -2.27. The second kappa shape index (κ2) is 10.5. The molecule has 0 amide bonds. The van der Waals surface area contributed by atoms with Gasteiger partial charge in [0.1, 0.15) is 5.78 Å². The number of ketones is 1. The van der Waals surface area contributed by atoms with Crippen molar-refractivity contribution >= 4 is 5.78 Å². The molecule has 134 valence electrons. The van der Waals surface area contributed by atoms with Crippen LogP contribution in [-0.4, -0.2) is 18.5 Å². The van der Waals surface area contributed by atoms with Gasteiger partial charge in [-0.2, -0.15) is 0 Å². The molecular weight excluding hydrogens is 284 g/mol. The summed E-state index contributed by atoms with van der Waals surface area (Å²) < 4.78 is 6.22. The molecule has 0 spiro atoms. The highest BCUT2D eigenvalue weighted by atomic mass is 16.5. The lowest BCUT2D eigenvalue weighted by atomic mass is 9.79. The highest BCUT2D eigenvalue weighted by Gasteiger charge is 2.27. The van der Waals surface area contributed by atoms with E-state index in [2.05, 4.69) is 13.8 Å². The number of carbonyl (C=O) groups is 1. The van der Waals surface area contributed by atoms with Crippen molar-refractivity contribution in [1.29, 1.82) is 0 Å². The van der Waals surface area contributed by atoms with Gasteiger partial charge in [0.15, 0.2) is 0 Å². The van der Waals surface area contributed by atoms with Crippen LogP contribution < -0.4 is 0 Å². The van der Waals surface area contributed by atoms with Crippen LogP contribution in [0.25, 0.3) is 0 Å². The van der Waals surface area contributed by atoms with E-state index in [4.69, 9.17) is 4.74 Å². The second-order valence-corrected chi connectivity index (χ2v) is 8.05. The minimum Gasteiger partial charge on any atom is -0.378 e. The normalized spacial score (nSPS) is 31.9. The van der Waals surface area contributed by atoms with Crippen molar-refractivity contribution in [3.63, 3.8) is 0 Å². The van der Waals surface area contributed by atoms with Crippen molar-refractivity contribution in [2.24, 2.45) is 17.8 Å². The fourth-order valence-corrected chi connectivity index (χ4v) is 4.47. The molecule has 0 atom stereocenters. The highest BCUT2D eigenvalue weighted by molar-refractivity contribution is 5.80. The molecule has 0 bridgehead atoms. The quantitative estimate of drug-likeness (QED) is 0.526. The minimum absolute atomic E-state index is 0.363. The van der Waals surface area contributed by atoms with Crippen LogP contribution in [0.4, 0.5) is 0 Å². The van der Waals surface area contributed by atoms with Crippen molar-refractivity contribution in [2.75, 3.05) is 6.61 Å². The fourth-order valence-electron chi connectivity index (χ4n) is 4.47. The zero-order valence-corrected chi connectivity index (χ0v) is 15.5. The van der Waals surface area contributed by atoms with E-state index in [0.29, 0.717) is 23.7 Å². The topological polar surface area (TPSA) is 26.3 Å². The molecule has 0 heterocycles. The molecule has 2 saturated carbocycles. The SMILES string of the molecule is CCCCC(=O)[C@H]1CC[C@H](CO[C@H]2CC[C@H](CCC)CC2)CC1. The molecule has 0 radical (unpaired) electrons. The third-order valence-corrected chi connectivity index (χ3v) is 6.14. The molecule has 0 aromatic heterocycles. The van der Waals surface area contributed by atoms with Crippen LogP contribution in [0.5, 0.6) is 0 Å². The van der Waals surface area contributed by atoms with E-state index in [1.54, 1.807) is 0 Å². The molecule has 2 rings (SSSR count). The number of unbranched alkanes of at least 4 members (excludes halogenated alkanes) is 1. The van der Waals surface area contributed by atoms with Crippen molar-refractivity contribution < 1.29 is 9.53 Å². The van der Waals surface area contributed by atoms with Gasteiger partial charge in [-0.25, -0.2) is 0 Å². The zero-order valence-electron chi connectivity index (χ0n) is 15.5. The van der Waals surface area contributed by atoms with Crippen LogP contribution in [0.3, 0.4) is 0 Å². The van der Waals surface area contributed by atoms with Crippen molar-refractivity contribution in [3.8, 4) is 0 Å². The summed E-state index contributed by atoms with van der Waals surface area (Å²) in [5.41, 5.74) is 0. The molecule has 0 aromatic rings. The smallest absolute Gasteiger partial charge is 0.135 e. The summed E-state index contributed by atoms with van der Waals surface area (Å²) in [6.45, 7) is 5.40. The molecule has 2 aliphatic rings. The van der Waals surface area contributed by atoms with Crippen molar-refractivity contribution in [1.82, 2.24) is 0 Å². The standard InChI is InChI=1S/C21H38O2/c1-3-5-7-21(22)19-12-8-18(9-13-19)16-23-20-14-10-17(6-4-2)11-15-20/h17-20H,3-16H2,1-2H3/t17-,18-,19-,20-. The summed E-state index contributed by atoms with van der Waals surface area (Å²) >= 11 is 0. The molecule has 0 N–H and O–H groups in total. The maximum atomic E-state index is 12.1. The highest BCUT2D eigenvalue weighted by Crippen LogP contribution is 2.33. The lowest BCUT2D eigenvalue weighted by Gasteiger charge is -2.32. The molecule has 23 heavy (non-hydrogen) atoms. The van der Waals surface area contributed by atoms with Crippen LogP contribution in [0.2, 0.25) is 0 Å². The number of rotatable bonds is 9. The molecule has 0 aromatic carbocycles. The summed E-state index contributed by atoms with van der Waals surface area (Å²) in [6, 6.07) is 0. The van der Waals surface area contributed by atoms with E-state index in [-0.39, 0.29) is 0 Å². The number of carbonyl (C=O) groups excluding carboxylic acids is 1. The van der Waals surface area contributed by atoms with Gasteiger partial charge in [-0.3, -0.25) is 4.79 Å². The summed E-state index contributed by atoms with van der Waals surface area (Å²) in [5.74, 6) is 2.56. The Hall–Kier alpha value is -0.370. The Morgan fingerprint density at radius 2 is 1.52 bits per heavy atom. The van der Waals surface area contributed by atoms with Gasteiger partial charge in [0, 0.05) is 18.9 Å². The van der Waals surface area contributed by atoms with E-state index >= 15 is 0 Å². The maximum Gasteiger partial charge on any atom is 0.135 e. The zero-order chi connectivity index (χ0) is 16.5.